The molecule has 1 amide bonds. The summed E-state index contributed by atoms with van der Waals surface area (Å²) in [7, 11) is 1.60. The van der Waals surface area contributed by atoms with Crippen LogP contribution in [-0.2, 0) is 22.4 Å². The van der Waals surface area contributed by atoms with Crippen LogP contribution in [-0.4, -0.2) is 49.3 Å². The van der Waals surface area contributed by atoms with E-state index in [4.69, 9.17) is 24.3 Å². The van der Waals surface area contributed by atoms with Crippen LogP contribution in [0.4, 0.5) is 11.4 Å². The standard InChI is InChI=1S/C35H34N8O5/c1-46-28-10-6-8-24(22-28)18-19-38-34(45)35(23-26-9-2-4-12-30(26)40-42-36)32(29-11-3-5-13-31(29)41-43-37)48-33(39-35)25-14-16-27(17-15-25)47-21-7-20-44/h2-6,8-17,22,32,44H,7,18-21,23H2,1H3,(H,38,45)/t32-,35-/m1/s1. The molecule has 0 radical (unpaired) electrons. The SMILES string of the molecule is COc1cccc(CCNC(=O)[C@]2(Cc3ccccc3N=[N+]=[N-])N=C(c3ccc(OCCCO)cc3)O[C@@H]2c2ccccc2N=[N+]=[N-])c1. The van der Waals surface area contributed by atoms with E-state index in [0.29, 0.717) is 53.3 Å². The van der Waals surface area contributed by atoms with E-state index in [1.165, 1.54) is 0 Å². The van der Waals surface area contributed by atoms with Crippen LogP contribution in [0.3, 0.4) is 0 Å². The van der Waals surface area contributed by atoms with E-state index in [2.05, 4.69) is 25.4 Å². The third-order valence-corrected chi connectivity index (χ3v) is 7.84. The van der Waals surface area contributed by atoms with Gasteiger partial charge in [0.2, 0.25) is 5.90 Å². The number of ether oxygens (including phenoxy) is 3. The van der Waals surface area contributed by atoms with Gasteiger partial charge in [-0.1, -0.05) is 70.9 Å². The minimum Gasteiger partial charge on any atom is -0.497 e. The van der Waals surface area contributed by atoms with Crippen molar-refractivity contribution in [3.05, 3.63) is 140 Å². The van der Waals surface area contributed by atoms with Gasteiger partial charge in [-0.3, -0.25) is 4.79 Å². The Labute approximate surface area is 277 Å². The molecule has 0 aliphatic carbocycles. The highest BCUT2D eigenvalue weighted by molar-refractivity contribution is 6.01. The maximum Gasteiger partial charge on any atom is 0.252 e. The van der Waals surface area contributed by atoms with Crippen molar-refractivity contribution >= 4 is 23.2 Å². The van der Waals surface area contributed by atoms with Gasteiger partial charge < -0.3 is 24.6 Å². The maximum absolute atomic E-state index is 14.6. The molecule has 1 aliphatic heterocycles. The molecule has 0 saturated carbocycles. The van der Waals surface area contributed by atoms with Crippen LogP contribution < -0.4 is 14.8 Å². The normalized spacial score (nSPS) is 16.5. The predicted octanol–water partition coefficient (Wildman–Crippen LogP) is 7.20. The number of carbonyl (C=O) groups excluding carboxylic acids is 1. The van der Waals surface area contributed by atoms with Gasteiger partial charge >= 0.3 is 0 Å². The number of aliphatic imine (C=N–C) groups is 1. The van der Waals surface area contributed by atoms with Gasteiger partial charge in [-0.2, -0.15) is 0 Å². The second-order valence-corrected chi connectivity index (χ2v) is 10.9. The molecule has 2 atom stereocenters. The first-order valence-corrected chi connectivity index (χ1v) is 15.3. The zero-order chi connectivity index (χ0) is 33.8. The summed E-state index contributed by atoms with van der Waals surface area (Å²) in [4.78, 5) is 25.6. The number of hydrogen-bond donors (Lipinski definition) is 2. The predicted molar refractivity (Wildman–Crippen MR) is 181 cm³/mol. The van der Waals surface area contributed by atoms with Crippen molar-refractivity contribution in [2.75, 3.05) is 26.9 Å². The van der Waals surface area contributed by atoms with Crippen molar-refractivity contribution in [3.63, 3.8) is 0 Å². The van der Waals surface area contributed by atoms with E-state index in [1.54, 1.807) is 79.9 Å². The van der Waals surface area contributed by atoms with E-state index in [9.17, 15) is 15.9 Å². The molecule has 48 heavy (non-hydrogen) atoms. The largest absolute Gasteiger partial charge is 0.497 e. The molecule has 0 spiro atoms. The molecule has 2 N–H and O–H groups in total. The molecule has 0 unspecified atom stereocenters. The fourth-order valence-electron chi connectivity index (χ4n) is 5.51. The van der Waals surface area contributed by atoms with Gasteiger partial charge in [0.15, 0.2) is 11.6 Å². The minimum atomic E-state index is -1.62. The Kier molecular flexibility index (Phi) is 11.1. The molecule has 244 valence electrons. The second-order valence-electron chi connectivity index (χ2n) is 10.9. The lowest BCUT2D eigenvalue weighted by Gasteiger charge is -2.31. The lowest BCUT2D eigenvalue weighted by atomic mass is 9.81. The quantitative estimate of drug-likeness (QED) is 0.0597. The number of benzene rings is 4. The van der Waals surface area contributed by atoms with Gasteiger partial charge in [0.05, 0.1) is 13.7 Å². The summed E-state index contributed by atoms with van der Waals surface area (Å²) in [6, 6.07) is 28.5. The summed E-state index contributed by atoms with van der Waals surface area (Å²) >= 11 is 0. The zero-order valence-corrected chi connectivity index (χ0v) is 26.3. The van der Waals surface area contributed by atoms with Crippen molar-refractivity contribution in [1.82, 2.24) is 5.32 Å². The van der Waals surface area contributed by atoms with Crippen molar-refractivity contribution in [2.24, 2.45) is 15.2 Å². The highest BCUT2D eigenvalue weighted by Gasteiger charge is 2.54. The van der Waals surface area contributed by atoms with Crippen LogP contribution in [0.1, 0.15) is 34.8 Å². The smallest absolute Gasteiger partial charge is 0.252 e. The fraction of sp³-hybridized carbons (Fsp3) is 0.257. The van der Waals surface area contributed by atoms with Gasteiger partial charge in [-0.25, -0.2) is 4.99 Å². The van der Waals surface area contributed by atoms with E-state index in [-0.39, 0.29) is 31.2 Å². The molecule has 0 aromatic heterocycles. The molecule has 4 aromatic carbocycles. The van der Waals surface area contributed by atoms with Crippen molar-refractivity contribution in [1.29, 1.82) is 0 Å². The molecule has 0 saturated heterocycles. The molecule has 5 rings (SSSR count). The van der Waals surface area contributed by atoms with Gasteiger partial charge in [-0.05, 0) is 65.0 Å². The van der Waals surface area contributed by atoms with Gasteiger partial charge in [-0.15, -0.1) is 0 Å². The number of nitrogens with zero attached hydrogens (tertiary/aromatic N) is 7. The highest BCUT2D eigenvalue weighted by Crippen LogP contribution is 2.46. The third-order valence-electron chi connectivity index (χ3n) is 7.84. The molecule has 4 aromatic rings. The number of rotatable bonds is 15. The van der Waals surface area contributed by atoms with Crippen LogP contribution in [0.15, 0.2) is 112 Å². The van der Waals surface area contributed by atoms with Gasteiger partial charge in [0.1, 0.15) is 11.5 Å². The zero-order valence-electron chi connectivity index (χ0n) is 26.3. The number of aliphatic hydroxyl groups is 1. The number of hydrogen-bond acceptors (Lipinski definition) is 8. The number of amides is 1. The van der Waals surface area contributed by atoms with Crippen LogP contribution >= 0.6 is 0 Å². The van der Waals surface area contributed by atoms with E-state index in [0.717, 1.165) is 5.56 Å². The Morgan fingerprint density at radius 3 is 2.44 bits per heavy atom. The third kappa shape index (κ3) is 7.68. The second kappa shape index (κ2) is 16.0. The summed E-state index contributed by atoms with van der Waals surface area (Å²) in [5.41, 5.74) is 20.3. The van der Waals surface area contributed by atoms with Crippen molar-refractivity contribution < 1.29 is 24.1 Å². The molecule has 1 aliphatic rings. The number of nitrogens with one attached hydrogen (secondary N) is 1. The summed E-state index contributed by atoms with van der Waals surface area (Å²) in [5, 5.41) is 19.9. The number of aliphatic hydroxyl groups excluding tert-OH is 1. The summed E-state index contributed by atoms with van der Waals surface area (Å²) < 4.78 is 17.6. The Morgan fingerprint density at radius 1 is 0.958 bits per heavy atom. The number of carbonyl (C=O) groups is 1. The topological polar surface area (TPSA) is 187 Å². The van der Waals surface area contributed by atoms with Crippen molar-refractivity contribution in [2.45, 2.75) is 30.9 Å². The fourth-order valence-corrected chi connectivity index (χ4v) is 5.51. The van der Waals surface area contributed by atoms with Gasteiger partial charge in [0, 0.05) is 58.3 Å². The molecule has 13 nitrogen and oxygen atoms in total. The molecular formula is C35H34N8O5. The summed E-state index contributed by atoms with van der Waals surface area (Å²) in [6.45, 7) is 0.657. The lowest BCUT2D eigenvalue weighted by Crippen LogP contribution is -2.50. The van der Waals surface area contributed by atoms with Crippen LogP contribution in [0.5, 0.6) is 11.5 Å². The first kappa shape index (κ1) is 33.4. The summed E-state index contributed by atoms with van der Waals surface area (Å²) in [5.74, 6) is 1.08. The molecule has 0 bridgehead atoms. The monoisotopic (exact) mass is 646 g/mol. The molecular weight excluding hydrogens is 612 g/mol. The number of azide groups is 2. The Morgan fingerprint density at radius 2 is 1.69 bits per heavy atom. The van der Waals surface area contributed by atoms with Crippen molar-refractivity contribution in [3.8, 4) is 11.5 Å². The average molecular weight is 647 g/mol. The first-order valence-electron chi connectivity index (χ1n) is 15.3. The van der Waals surface area contributed by atoms with E-state index >= 15 is 0 Å². The first-order chi connectivity index (χ1) is 23.5. The lowest BCUT2D eigenvalue weighted by molar-refractivity contribution is -0.128. The maximum atomic E-state index is 14.6. The Bertz CT molecular complexity index is 1870. The van der Waals surface area contributed by atoms with Crippen LogP contribution in [0.25, 0.3) is 20.9 Å². The molecule has 0 fully saturated rings. The molecule has 13 heteroatoms. The number of methoxy groups -OCH3 is 1. The average Bonchev–Trinajstić information content (AvgIpc) is 3.50. The Balaban J connectivity index is 1.60. The van der Waals surface area contributed by atoms with Gasteiger partial charge in [0.25, 0.3) is 5.91 Å². The van der Waals surface area contributed by atoms with E-state index < -0.39 is 17.6 Å². The summed E-state index contributed by atoms with van der Waals surface area (Å²) in [6.07, 6.45) is -0.0281. The van der Waals surface area contributed by atoms with Crippen LogP contribution in [0.2, 0.25) is 0 Å². The Hall–Kier alpha value is -6.00. The minimum absolute atomic E-state index is 0.00565. The van der Waals surface area contributed by atoms with Crippen LogP contribution in [0, 0.1) is 0 Å². The van der Waals surface area contributed by atoms with E-state index in [1.807, 2.05) is 24.3 Å². The molecule has 1 heterocycles. The highest BCUT2D eigenvalue weighted by atomic mass is 16.5.